The van der Waals surface area contributed by atoms with Crippen LogP contribution in [-0.4, -0.2) is 11.6 Å². The molecule has 0 fully saturated rings. The van der Waals surface area contributed by atoms with E-state index in [9.17, 15) is 35.9 Å². The molecule has 28 heavy (non-hydrogen) atoms. The van der Waals surface area contributed by atoms with Crippen molar-refractivity contribution in [1.82, 2.24) is 0 Å². The Morgan fingerprint density at radius 1 is 0.607 bits per heavy atom. The summed E-state index contributed by atoms with van der Waals surface area (Å²) in [6.45, 7) is 2.90. The van der Waals surface area contributed by atoms with Crippen molar-refractivity contribution in [1.29, 1.82) is 0 Å². The lowest BCUT2D eigenvalue weighted by Gasteiger charge is -2.18. The molecule has 2 aromatic carbocycles. The van der Waals surface area contributed by atoms with Gasteiger partial charge in [0, 0.05) is 23.0 Å². The topological polar surface area (TPSA) is 34.1 Å². The maximum Gasteiger partial charge on any atom is 0.416 e. The van der Waals surface area contributed by atoms with Crippen LogP contribution in [0.4, 0.5) is 26.3 Å². The molecule has 0 radical (unpaired) electrons. The van der Waals surface area contributed by atoms with Crippen LogP contribution in [0.15, 0.2) is 48.5 Å². The number of rotatable bonds is 5. The monoisotopic (exact) mass is 402 g/mol. The van der Waals surface area contributed by atoms with Gasteiger partial charge in [0.05, 0.1) is 11.1 Å². The lowest BCUT2D eigenvalue weighted by Crippen LogP contribution is -2.26. The fourth-order valence-corrected chi connectivity index (χ4v) is 2.63. The molecule has 150 valence electrons. The largest absolute Gasteiger partial charge is 0.416 e. The Bertz CT molecular complexity index is 775. The van der Waals surface area contributed by atoms with Gasteiger partial charge in [-0.15, -0.1) is 0 Å². The molecule has 0 heterocycles. The van der Waals surface area contributed by atoms with Crippen LogP contribution >= 0.6 is 0 Å². The summed E-state index contributed by atoms with van der Waals surface area (Å²) in [6.07, 6.45) is -9.06. The number of Topliss-reactive ketones (excluding diaryl/α,β-unsaturated/α-hetero) is 2. The molecule has 0 aliphatic carbocycles. The Kier molecular flexibility index (Phi) is 6.01. The number of ketones is 2. The molecule has 0 spiro atoms. The Hall–Kier alpha value is -2.64. The Balaban J connectivity index is 2.15. The summed E-state index contributed by atoms with van der Waals surface area (Å²) >= 11 is 0. The van der Waals surface area contributed by atoms with E-state index >= 15 is 0 Å². The summed E-state index contributed by atoms with van der Waals surface area (Å²) in [5.74, 6) is -2.79. The van der Waals surface area contributed by atoms with E-state index in [0.717, 1.165) is 48.5 Å². The van der Waals surface area contributed by atoms with Gasteiger partial charge in [-0.2, -0.15) is 26.3 Å². The number of benzene rings is 2. The smallest absolute Gasteiger partial charge is 0.294 e. The van der Waals surface area contributed by atoms with Crippen LogP contribution in [0.25, 0.3) is 0 Å². The average Bonchev–Trinajstić information content (AvgIpc) is 2.64. The molecule has 8 heteroatoms. The van der Waals surface area contributed by atoms with E-state index in [2.05, 4.69) is 0 Å². The molecule has 2 aromatic rings. The summed E-state index contributed by atoms with van der Waals surface area (Å²) in [5, 5.41) is 0. The van der Waals surface area contributed by atoms with E-state index in [4.69, 9.17) is 0 Å². The zero-order chi connectivity index (χ0) is 21.3. The van der Waals surface area contributed by atoms with Crippen molar-refractivity contribution in [2.45, 2.75) is 26.2 Å². The predicted octanol–water partition coefficient (Wildman–Crippen LogP) is 6.06. The molecule has 0 bridgehead atoms. The third-order valence-corrected chi connectivity index (χ3v) is 4.57. The number of carbonyl (C=O) groups is 2. The van der Waals surface area contributed by atoms with Gasteiger partial charge in [0.15, 0.2) is 11.6 Å². The minimum Gasteiger partial charge on any atom is -0.294 e. The van der Waals surface area contributed by atoms with Gasteiger partial charge in [0.2, 0.25) is 0 Å². The first-order chi connectivity index (χ1) is 12.8. The van der Waals surface area contributed by atoms with Gasteiger partial charge < -0.3 is 0 Å². The van der Waals surface area contributed by atoms with Gasteiger partial charge >= 0.3 is 12.4 Å². The Labute approximate surface area is 157 Å². The highest BCUT2D eigenvalue weighted by atomic mass is 19.4. The fraction of sp³-hybridized carbons (Fsp3) is 0.300. The first kappa shape index (κ1) is 21.7. The maximum absolute atomic E-state index is 12.6. The number of hydrogen-bond acceptors (Lipinski definition) is 2. The third-order valence-electron chi connectivity index (χ3n) is 4.57. The quantitative estimate of drug-likeness (QED) is 0.450. The summed E-state index contributed by atoms with van der Waals surface area (Å²) in [7, 11) is 0. The molecule has 0 aromatic heterocycles. The maximum atomic E-state index is 12.6. The highest BCUT2D eigenvalue weighted by molar-refractivity contribution is 6.04. The number of carbonyl (C=O) groups excluding carboxylic acids is 2. The van der Waals surface area contributed by atoms with Gasteiger partial charge in [0.1, 0.15) is 0 Å². The Morgan fingerprint density at radius 3 is 1.07 bits per heavy atom. The second-order valence-electron chi connectivity index (χ2n) is 6.46. The van der Waals surface area contributed by atoms with Crippen LogP contribution < -0.4 is 0 Å². The fourth-order valence-electron chi connectivity index (χ4n) is 2.63. The summed E-state index contributed by atoms with van der Waals surface area (Å²) in [4.78, 5) is 25.0. The van der Waals surface area contributed by atoms with Crippen molar-refractivity contribution >= 4 is 11.6 Å². The highest BCUT2D eigenvalue weighted by Gasteiger charge is 2.33. The van der Waals surface area contributed by atoms with Crippen molar-refractivity contribution < 1.29 is 35.9 Å². The molecular formula is C20H16F6O2. The third kappa shape index (κ3) is 4.79. The van der Waals surface area contributed by atoms with Gasteiger partial charge in [0.25, 0.3) is 0 Å². The lowest BCUT2D eigenvalue weighted by molar-refractivity contribution is -0.138. The van der Waals surface area contributed by atoms with E-state index in [1.807, 2.05) is 0 Å². The summed E-state index contributed by atoms with van der Waals surface area (Å²) < 4.78 is 75.6. The first-order valence-electron chi connectivity index (χ1n) is 8.25. The minimum atomic E-state index is -4.53. The van der Waals surface area contributed by atoms with E-state index in [1.54, 1.807) is 0 Å². The standard InChI is InChI=1S/C20H16F6O2/c1-11(17(27)13-3-7-15(8-4-13)19(21,22)23)12(2)18(28)14-5-9-16(10-6-14)20(24,25)26/h3-12H,1-2H3. The number of hydrogen-bond donors (Lipinski definition) is 0. The lowest BCUT2D eigenvalue weighted by atomic mass is 9.83. The molecule has 2 rings (SSSR count). The normalized spacial score (nSPS) is 14.4. The van der Waals surface area contributed by atoms with Gasteiger partial charge in [-0.25, -0.2) is 0 Å². The van der Waals surface area contributed by atoms with Crippen LogP contribution in [-0.2, 0) is 12.4 Å². The molecule has 0 saturated heterocycles. The Morgan fingerprint density at radius 2 is 0.857 bits per heavy atom. The van der Waals surface area contributed by atoms with Crippen molar-refractivity contribution in [2.75, 3.05) is 0 Å². The van der Waals surface area contributed by atoms with Gasteiger partial charge in [-0.1, -0.05) is 38.1 Å². The average molecular weight is 402 g/mol. The van der Waals surface area contributed by atoms with Crippen molar-refractivity contribution in [3.8, 4) is 0 Å². The predicted molar refractivity (Wildman–Crippen MR) is 89.9 cm³/mol. The van der Waals surface area contributed by atoms with Crippen molar-refractivity contribution in [3.63, 3.8) is 0 Å². The molecule has 0 amide bonds. The highest BCUT2D eigenvalue weighted by Crippen LogP contribution is 2.31. The molecule has 0 aliphatic rings. The second kappa shape index (κ2) is 7.77. The zero-order valence-corrected chi connectivity index (χ0v) is 14.9. The van der Waals surface area contributed by atoms with E-state index in [1.165, 1.54) is 13.8 Å². The van der Waals surface area contributed by atoms with Crippen LogP contribution in [0.5, 0.6) is 0 Å². The minimum absolute atomic E-state index is 0.0209. The molecular weight excluding hydrogens is 386 g/mol. The van der Waals surface area contributed by atoms with Crippen molar-refractivity contribution in [2.24, 2.45) is 11.8 Å². The summed E-state index contributed by atoms with van der Waals surface area (Å²) in [5.41, 5.74) is -1.75. The van der Waals surface area contributed by atoms with E-state index in [0.29, 0.717) is 0 Å². The van der Waals surface area contributed by atoms with Crippen LogP contribution in [0, 0.1) is 11.8 Å². The van der Waals surface area contributed by atoms with Crippen molar-refractivity contribution in [3.05, 3.63) is 70.8 Å². The second-order valence-corrected chi connectivity index (χ2v) is 6.46. The van der Waals surface area contributed by atoms with E-state index in [-0.39, 0.29) is 11.1 Å². The molecule has 0 saturated carbocycles. The van der Waals surface area contributed by atoms with E-state index < -0.39 is 46.9 Å². The van der Waals surface area contributed by atoms with Gasteiger partial charge in [-0.3, -0.25) is 9.59 Å². The van der Waals surface area contributed by atoms with Crippen LogP contribution in [0.1, 0.15) is 45.7 Å². The first-order valence-corrected chi connectivity index (χ1v) is 8.25. The van der Waals surface area contributed by atoms with Crippen LogP contribution in [0.2, 0.25) is 0 Å². The van der Waals surface area contributed by atoms with Crippen LogP contribution in [0.3, 0.4) is 0 Å². The zero-order valence-electron chi connectivity index (χ0n) is 14.9. The molecule has 2 atom stereocenters. The SMILES string of the molecule is CC(C(=O)c1ccc(C(F)(F)F)cc1)C(C)C(=O)c1ccc(C(F)(F)F)cc1. The number of alkyl halides is 6. The summed E-state index contributed by atoms with van der Waals surface area (Å²) in [6, 6.07) is 7.27. The van der Waals surface area contributed by atoms with Gasteiger partial charge in [-0.05, 0) is 24.3 Å². The number of halogens is 6. The molecule has 2 nitrogen and oxygen atoms in total. The molecule has 0 N–H and O–H groups in total. The molecule has 0 aliphatic heterocycles. The molecule has 2 unspecified atom stereocenters.